The van der Waals surface area contributed by atoms with Crippen LogP contribution in [0.25, 0.3) is 0 Å². The fourth-order valence-corrected chi connectivity index (χ4v) is 5.28. The first-order valence-corrected chi connectivity index (χ1v) is 11.3. The summed E-state index contributed by atoms with van der Waals surface area (Å²) in [6.07, 6.45) is 6.80. The summed E-state index contributed by atoms with van der Waals surface area (Å²) < 4.78 is 19.0. The highest BCUT2D eigenvalue weighted by molar-refractivity contribution is 5.83. The fourth-order valence-electron chi connectivity index (χ4n) is 5.28. The second-order valence-electron chi connectivity index (χ2n) is 9.05. The summed E-state index contributed by atoms with van der Waals surface area (Å²) in [4.78, 5) is 20.0. The number of piperidine rings is 1. The smallest absolute Gasteiger partial charge is 0.240 e. The summed E-state index contributed by atoms with van der Waals surface area (Å²) in [5.74, 6) is 1.11. The molecule has 3 aliphatic rings. The molecule has 3 saturated heterocycles. The molecule has 4 heterocycles. The molecule has 3 fully saturated rings. The number of hydrogen-bond donors (Lipinski definition) is 2. The van der Waals surface area contributed by atoms with Gasteiger partial charge in [0.05, 0.1) is 17.8 Å². The van der Waals surface area contributed by atoms with Crippen LogP contribution in [-0.4, -0.2) is 48.0 Å². The van der Waals surface area contributed by atoms with Crippen LogP contribution < -0.4 is 15.4 Å². The molecule has 5 rings (SSSR count). The minimum absolute atomic E-state index is 0.0318. The first-order valence-electron chi connectivity index (χ1n) is 11.3. The number of carbonyl (C=O) groups excluding carboxylic acids is 1. The Morgan fingerprint density at radius 3 is 2.77 bits per heavy atom. The second-order valence-corrected chi connectivity index (χ2v) is 9.05. The van der Waals surface area contributed by atoms with Crippen LogP contribution in [0, 0.1) is 11.2 Å². The van der Waals surface area contributed by atoms with Gasteiger partial charge in [0, 0.05) is 25.4 Å². The maximum Gasteiger partial charge on any atom is 0.240 e. The highest BCUT2D eigenvalue weighted by Gasteiger charge is 2.45. The number of nitrogens with one attached hydrogen (secondary N) is 2. The van der Waals surface area contributed by atoms with Crippen LogP contribution >= 0.6 is 0 Å². The molecular formula is C24H29FN4O2. The van der Waals surface area contributed by atoms with Gasteiger partial charge in [-0.05, 0) is 80.9 Å². The number of amides is 1. The summed E-state index contributed by atoms with van der Waals surface area (Å²) >= 11 is 0. The van der Waals surface area contributed by atoms with E-state index in [-0.39, 0.29) is 29.2 Å². The Labute approximate surface area is 182 Å². The number of hydrogen-bond acceptors (Lipinski definition) is 5. The number of likely N-dealkylation sites (tertiary alicyclic amines) is 1. The van der Waals surface area contributed by atoms with Crippen molar-refractivity contribution in [2.45, 2.75) is 44.2 Å². The zero-order valence-corrected chi connectivity index (χ0v) is 17.6. The van der Waals surface area contributed by atoms with Crippen molar-refractivity contribution >= 4 is 5.91 Å². The number of carbonyl (C=O) groups is 1. The Balaban J connectivity index is 1.29. The van der Waals surface area contributed by atoms with Crippen molar-refractivity contribution in [3.8, 4) is 11.5 Å². The maximum absolute atomic E-state index is 13.4. The van der Waals surface area contributed by atoms with Gasteiger partial charge >= 0.3 is 0 Å². The minimum Gasteiger partial charge on any atom is -0.457 e. The molecule has 0 radical (unpaired) electrons. The number of ether oxygens (including phenoxy) is 1. The van der Waals surface area contributed by atoms with Gasteiger partial charge in [-0.3, -0.25) is 9.78 Å². The standard InChI is InChI=1S/C24H29FN4O2/c25-17-3-5-18(6-4-17)31-19-7-10-27-20(14-19)22-2-1-13-29(22)23(30)21-15-24(16-28-21)8-11-26-12-9-24/h3-7,10,14,21-22,26,28H,1-2,8-9,11-13,15-16H2. The Morgan fingerprint density at radius 1 is 1.16 bits per heavy atom. The Morgan fingerprint density at radius 2 is 1.97 bits per heavy atom. The van der Waals surface area contributed by atoms with Crippen molar-refractivity contribution in [3.05, 3.63) is 54.1 Å². The van der Waals surface area contributed by atoms with E-state index < -0.39 is 0 Å². The lowest BCUT2D eigenvalue weighted by molar-refractivity contribution is -0.134. The van der Waals surface area contributed by atoms with E-state index in [1.165, 1.54) is 12.1 Å². The van der Waals surface area contributed by atoms with Gasteiger partial charge in [-0.25, -0.2) is 4.39 Å². The molecule has 31 heavy (non-hydrogen) atoms. The van der Waals surface area contributed by atoms with E-state index in [4.69, 9.17) is 4.74 Å². The van der Waals surface area contributed by atoms with E-state index in [0.29, 0.717) is 11.5 Å². The van der Waals surface area contributed by atoms with Crippen LogP contribution in [0.15, 0.2) is 42.6 Å². The molecule has 1 amide bonds. The number of halogens is 1. The summed E-state index contributed by atoms with van der Waals surface area (Å²) in [7, 11) is 0. The average Bonchev–Trinajstić information content (AvgIpc) is 3.44. The van der Waals surface area contributed by atoms with Gasteiger partial charge in [0.25, 0.3) is 0 Å². The largest absolute Gasteiger partial charge is 0.457 e. The summed E-state index contributed by atoms with van der Waals surface area (Å²) in [6.45, 7) is 3.78. The SMILES string of the molecule is O=C(C1CC2(CCNCC2)CN1)N1CCCC1c1cc(Oc2ccc(F)cc2)ccn1. The molecule has 1 aromatic heterocycles. The third-order valence-electron chi connectivity index (χ3n) is 7.00. The van der Waals surface area contributed by atoms with Gasteiger partial charge < -0.3 is 20.3 Å². The van der Waals surface area contributed by atoms with Crippen LogP contribution in [0.3, 0.4) is 0 Å². The van der Waals surface area contributed by atoms with Gasteiger partial charge in [-0.15, -0.1) is 0 Å². The molecule has 3 aliphatic heterocycles. The van der Waals surface area contributed by atoms with Crippen LogP contribution in [-0.2, 0) is 4.79 Å². The number of benzene rings is 1. The van der Waals surface area contributed by atoms with Crippen molar-refractivity contribution in [1.29, 1.82) is 0 Å². The Bertz CT molecular complexity index is 929. The third-order valence-corrected chi connectivity index (χ3v) is 7.00. The van der Waals surface area contributed by atoms with Gasteiger partial charge in [-0.1, -0.05) is 0 Å². The topological polar surface area (TPSA) is 66.5 Å². The number of pyridine rings is 1. The molecule has 164 valence electrons. The van der Waals surface area contributed by atoms with E-state index in [0.717, 1.165) is 64.0 Å². The maximum atomic E-state index is 13.4. The summed E-state index contributed by atoms with van der Waals surface area (Å²) in [6, 6.07) is 9.50. The monoisotopic (exact) mass is 424 g/mol. The molecule has 1 aromatic carbocycles. The van der Waals surface area contributed by atoms with E-state index in [1.807, 2.05) is 11.0 Å². The van der Waals surface area contributed by atoms with Gasteiger partial charge in [0.15, 0.2) is 0 Å². The summed E-state index contributed by atoms with van der Waals surface area (Å²) in [5.41, 5.74) is 1.11. The second kappa shape index (κ2) is 8.55. The van der Waals surface area contributed by atoms with Crippen LogP contribution in [0.4, 0.5) is 4.39 Å². The first-order chi connectivity index (χ1) is 15.1. The molecule has 7 heteroatoms. The minimum atomic E-state index is -0.297. The average molecular weight is 425 g/mol. The van der Waals surface area contributed by atoms with Crippen LogP contribution in [0.5, 0.6) is 11.5 Å². The molecule has 0 saturated carbocycles. The van der Waals surface area contributed by atoms with Crippen molar-refractivity contribution in [3.63, 3.8) is 0 Å². The lowest BCUT2D eigenvalue weighted by atomic mass is 9.77. The lowest BCUT2D eigenvalue weighted by Gasteiger charge is -2.33. The lowest BCUT2D eigenvalue weighted by Crippen LogP contribution is -2.43. The zero-order chi connectivity index (χ0) is 21.3. The molecule has 2 atom stereocenters. The predicted octanol–water partition coefficient (Wildman–Crippen LogP) is 3.41. The van der Waals surface area contributed by atoms with Crippen molar-refractivity contribution in [2.75, 3.05) is 26.2 Å². The predicted molar refractivity (Wildman–Crippen MR) is 115 cm³/mol. The number of nitrogens with zero attached hydrogens (tertiary/aromatic N) is 2. The number of aromatic nitrogens is 1. The molecule has 0 aliphatic carbocycles. The van der Waals surface area contributed by atoms with Crippen molar-refractivity contribution in [2.24, 2.45) is 5.41 Å². The van der Waals surface area contributed by atoms with Crippen LogP contribution in [0.2, 0.25) is 0 Å². The van der Waals surface area contributed by atoms with Gasteiger partial charge in [0.1, 0.15) is 17.3 Å². The third kappa shape index (κ3) is 4.29. The van der Waals surface area contributed by atoms with Crippen LogP contribution in [0.1, 0.15) is 43.8 Å². The molecule has 2 unspecified atom stereocenters. The summed E-state index contributed by atoms with van der Waals surface area (Å²) in [5, 5.41) is 6.95. The molecule has 2 aromatic rings. The Kier molecular flexibility index (Phi) is 5.63. The Hall–Kier alpha value is -2.51. The van der Waals surface area contributed by atoms with Gasteiger partial charge in [0.2, 0.25) is 5.91 Å². The number of rotatable bonds is 4. The molecule has 1 spiro atoms. The van der Waals surface area contributed by atoms with Crippen molar-refractivity contribution in [1.82, 2.24) is 20.5 Å². The normalized spacial score (nSPS) is 25.1. The van der Waals surface area contributed by atoms with E-state index in [1.54, 1.807) is 24.4 Å². The van der Waals surface area contributed by atoms with Gasteiger partial charge in [-0.2, -0.15) is 0 Å². The van der Waals surface area contributed by atoms with Crippen molar-refractivity contribution < 1.29 is 13.9 Å². The zero-order valence-electron chi connectivity index (χ0n) is 17.6. The molecule has 0 bridgehead atoms. The fraction of sp³-hybridized carbons (Fsp3) is 0.500. The first kappa shape index (κ1) is 20.4. The quantitative estimate of drug-likeness (QED) is 0.788. The highest BCUT2D eigenvalue weighted by atomic mass is 19.1. The van der Waals surface area contributed by atoms with E-state index in [2.05, 4.69) is 15.6 Å². The molecule has 2 N–H and O–H groups in total. The van der Waals surface area contributed by atoms with E-state index >= 15 is 0 Å². The molecule has 6 nitrogen and oxygen atoms in total. The highest BCUT2D eigenvalue weighted by Crippen LogP contribution is 2.40. The molecular weight excluding hydrogens is 395 g/mol. The van der Waals surface area contributed by atoms with E-state index in [9.17, 15) is 9.18 Å².